The first kappa shape index (κ1) is 28.3. The number of benzene rings is 8. The minimum absolute atomic E-state index is 0.854. The molecule has 0 spiro atoms. The largest absolute Gasteiger partial charge is 0.456 e. The van der Waals surface area contributed by atoms with Gasteiger partial charge in [-0.05, 0) is 108 Å². The van der Waals surface area contributed by atoms with Crippen LogP contribution in [-0.4, -0.2) is 0 Å². The van der Waals surface area contributed by atoms with Gasteiger partial charge in [-0.1, -0.05) is 72.8 Å². The number of hydrogen-bond acceptors (Lipinski definition) is 4. The Morgan fingerprint density at radius 3 is 0.920 bits per heavy atom. The number of anilines is 6. The molecule has 10 rings (SSSR count). The van der Waals surface area contributed by atoms with Gasteiger partial charge in [-0.2, -0.15) is 0 Å². The van der Waals surface area contributed by atoms with E-state index in [1.54, 1.807) is 0 Å². The molecule has 0 N–H and O–H groups in total. The van der Waals surface area contributed by atoms with Crippen LogP contribution >= 0.6 is 0 Å². The van der Waals surface area contributed by atoms with Crippen LogP contribution in [0.25, 0.3) is 54.6 Å². The van der Waals surface area contributed by atoms with Gasteiger partial charge in [0.05, 0.1) is 0 Å². The van der Waals surface area contributed by atoms with Gasteiger partial charge in [0.2, 0.25) is 0 Å². The van der Waals surface area contributed by atoms with Crippen LogP contribution in [-0.2, 0) is 0 Å². The van der Waals surface area contributed by atoms with E-state index in [1.165, 1.54) is 0 Å². The van der Waals surface area contributed by atoms with E-state index >= 15 is 0 Å². The van der Waals surface area contributed by atoms with E-state index in [2.05, 4.69) is 168 Å². The highest BCUT2D eigenvalue weighted by Crippen LogP contribution is 2.42. The van der Waals surface area contributed by atoms with Crippen LogP contribution in [0.3, 0.4) is 0 Å². The predicted octanol–water partition coefficient (Wildman–Crippen LogP) is 13.6. The van der Waals surface area contributed by atoms with Gasteiger partial charge in [0.25, 0.3) is 0 Å². The quantitative estimate of drug-likeness (QED) is 0.181. The van der Waals surface area contributed by atoms with Gasteiger partial charge in [-0.3, -0.25) is 0 Å². The van der Waals surface area contributed by atoms with Gasteiger partial charge in [-0.25, -0.2) is 0 Å². The van der Waals surface area contributed by atoms with E-state index in [0.717, 1.165) is 88.8 Å². The normalized spacial score (nSPS) is 11.6. The molecule has 2 heterocycles. The molecule has 4 heteroatoms. The maximum atomic E-state index is 6.57. The summed E-state index contributed by atoms with van der Waals surface area (Å²) in [6.07, 6.45) is 0. The molecular weight excluding hydrogens is 613 g/mol. The van der Waals surface area contributed by atoms with Crippen molar-refractivity contribution in [3.63, 3.8) is 0 Å². The molecule has 4 nitrogen and oxygen atoms in total. The fourth-order valence-corrected chi connectivity index (χ4v) is 7.25. The summed E-state index contributed by atoms with van der Waals surface area (Å²) in [4.78, 5) is 4.51. The number of rotatable bonds is 6. The first-order chi connectivity index (χ1) is 24.8. The van der Waals surface area contributed by atoms with Gasteiger partial charge < -0.3 is 18.6 Å². The van der Waals surface area contributed by atoms with Gasteiger partial charge in [-0.15, -0.1) is 0 Å². The second-order valence-electron chi connectivity index (χ2n) is 12.6. The van der Waals surface area contributed by atoms with E-state index in [9.17, 15) is 0 Å². The summed E-state index contributed by atoms with van der Waals surface area (Å²) >= 11 is 0. The molecule has 50 heavy (non-hydrogen) atoms. The van der Waals surface area contributed by atoms with Crippen molar-refractivity contribution >= 4 is 88.8 Å². The standard InChI is InChI=1S/C46H30N2O2/c1-5-13-33(14-6-1)47(34-15-7-2-8-16-34)37-21-23-39-41-25-31-28-44-42(26-32(31)27-43(41)49-45(39)29-37)40-24-22-38(30-46(40)50-44)48(35-17-9-3-10-18-35)36-19-11-4-12-20-36/h1-30H. The average Bonchev–Trinajstić information content (AvgIpc) is 3.71. The first-order valence-corrected chi connectivity index (χ1v) is 16.8. The van der Waals surface area contributed by atoms with Crippen molar-refractivity contribution < 1.29 is 8.83 Å². The second kappa shape index (κ2) is 11.4. The third-order valence-corrected chi connectivity index (χ3v) is 9.56. The molecule has 2 aromatic heterocycles. The van der Waals surface area contributed by atoms with E-state index in [1.807, 2.05) is 24.3 Å². The second-order valence-corrected chi connectivity index (χ2v) is 12.6. The summed E-state index contributed by atoms with van der Waals surface area (Å²) in [5.41, 5.74) is 9.90. The molecular formula is C46H30N2O2. The number of fused-ring (bicyclic) bond motifs is 7. The predicted molar refractivity (Wildman–Crippen MR) is 208 cm³/mol. The molecule has 0 aliphatic carbocycles. The Labute approximate surface area is 288 Å². The van der Waals surface area contributed by atoms with Crippen LogP contribution in [0.1, 0.15) is 0 Å². The summed E-state index contributed by atoms with van der Waals surface area (Å²) < 4.78 is 13.1. The van der Waals surface area contributed by atoms with E-state index in [4.69, 9.17) is 8.83 Å². The van der Waals surface area contributed by atoms with Crippen molar-refractivity contribution in [1.82, 2.24) is 0 Å². The van der Waals surface area contributed by atoms with Gasteiger partial charge in [0, 0.05) is 67.8 Å². The molecule has 0 fully saturated rings. The Balaban J connectivity index is 1.08. The summed E-state index contributed by atoms with van der Waals surface area (Å²) in [6.45, 7) is 0. The van der Waals surface area contributed by atoms with Gasteiger partial charge >= 0.3 is 0 Å². The molecule has 8 aromatic carbocycles. The van der Waals surface area contributed by atoms with Crippen LogP contribution in [0.5, 0.6) is 0 Å². The summed E-state index contributed by atoms with van der Waals surface area (Å²) in [7, 11) is 0. The summed E-state index contributed by atoms with van der Waals surface area (Å²) in [5, 5.41) is 6.57. The Bertz CT molecular complexity index is 2530. The zero-order chi connectivity index (χ0) is 33.0. The van der Waals surface area contributed by atoms with Crippen molar-refractivity contribution in [3.05, 3.63) is 182 Å². The SMILES string of the molecule is c1ccc(N(c2ccccc2)c2ccc3c(c2)oc2cc4cc5c(cc4cc23)oc2cc(N(c3ccccc3)c3ccccc3)ccc25)cc1. The number of furan rings is 2. The molecule has 10 aromatic rings. The van der Waals surface area contributed by atoms with E-state index < -0.39 is 0 Å². The summed E-state index contributed by atoms with van der Waals surface area (Å²) in [6, 6.07) is 63.5. The van der Waals surface area contributed by atoms with E-state index in [0.29, 0.717) is 0 Å². The monoisotopic (exact) mass is 642 g/mol. The number of nitrogens with zero attached hydrogens (tertiary/aromatic N) is 2. The highest BCUT2D eigenvalue weighted by molar-refractivity contribution is 6.15. The Morgan fingerprint density at radius 1 is 0.260 bits per heavy atom. The Hall–Kier alpha value is -6.78. The van der Waals surface area contributed by atoms with Crippen molar-refractivity contribution in [2.75, 3.05) is 9.80 Å². The van der Waals surface area contributed by atoms with Crippen LogP contribution in [0.15, 0.2) is 191 Å². The van der Waals surface area contributed by atoms with Gasteiger partial charge in [0.15, 0.2) is 0 Å². The Kier molecular flexibility index (Phi) is 6.46. The molecule has 0 amide bonds. The van der Waals surface area contributed by atoms with Crippen molar-refractivity contribution in [1.29, 1.82) is 0 Å². The summed E-state index contributed by atoms with van der Waals surface area (Å²) in [5.74, 6) is 0. The smallest absolute Gasteiger partial charge is 0.137 e. The molecule has 0 saturated heterocycles. The molecule has 0 radical (unpaired) electrons. The maximum absolute atomic E-state index is 6.57. The van der Waals surface area contributed by atoms with Crippen LogP contribution in [0.2, 0.25) is 0 Å². The number of para-hydroxylation sites is 4. The van der Waals surface area contributed by atoms with Crippen molar-refractivity contribution in [2.45, 2.75) is 0 Å². The van der Waals surface area contributed by atoms with Crippen LogP contribution in [0.4, 0.5) is 34.1 Å². The molecule has 0 atom stereocenters. The molecule has 0 aliphatic heterocycles. The number of hydrogen-bond donors (Lipinski definition) is 0. The van der Waals surface area contributed by atoms with Crippen molar-refractivity contribution in [2.24, 2.45) is 0 Å². The highest BCUT2D eigenvalue weighted by atomic mass is 16.3. The lowest BCUT2D eigenvalue weighted by Crippen LogP contribution is -2.09. The average molecular weight is 643 g/mol. The fourth-order valence-electron chi connectivity index (χ4n) is 7.25. The van der Waals surface area contributed by atoms with Crippen molar-refractivity contribution in [3.8, 4) is 0 Å². The molecule has 236 valence electrons. The molecule has 0 unspecified atom stereocenters. The minimum atomic E-state index is 0.854. The minimum Gasteiger partial charge on any atom is -0.456 e. The molecule has 0 aliphatic rings. The topological polar surface area (TPSA) is 32.8 Å². The Morgan fingerprint density at radius 2 is 0.580 bits per heavy atom. The zero-order valence-electron chi connectivity index (χ0n) is 27.0. The lowest BCUT2D eigenvalue weighted by atomic mass is 10.0. The van der Waals surface area contributed by atoms with E-state index in [-0.39, 0.29) is 0 Å². The molecule has 0 bridgehead atoms. The van der Waals surface area contributed by atoms with Crippen LogP contribution < -0.4 is 9.80 Å². The highest BCUT2D eigenvalue weighted by Gasteiger charge is 2.18. The maximum Gasteiger partial charge on any atom is 0.137 e. The first-order valence-electron chi connectivity index (χ1n) is 16.8. The van der Waals surface area contributed by atoms with Gasteiger partial charge in [0.1, 0.15) is 22.3 Å². The third kappa shape index (κ3) is 4.69. The fraction of sp³-hybridized carbons (Fsp3) is 0. The zero-order valence-corrected chi connectivity index (χ0v) is 27.0. The lowest BCUT2D eigenvalue weighted by molar-refractivity contribution is 0.668. The van der Waals surface area contributed by atoms with Crippen LogP contribution in [0, 0.1) is 0 Å². The third-order valence-electron chi connectivity index (χ3n) is 9.56. The lowest BCUT2D eigenvalue weighted by Gasteiger charge is -2.25. The molecule has 0 saturated carbocycles.